The molecule has 1 aromatic carbocycles. The normalized spacial score (nSPS) is 20.7. The topological polar surface area (TPSA) is 67.4 Å². The van der Waals surface area contributed by atoms with Crippen LogP contribution in [0.2, 0.25) is 0 Å². The molecule has 1 atom stereocenters. The van der Waals surface area contributed by atoms with E-state index in [-0.39, 0.29) is 17.4 Å². The van der Waals surface area contributed by atoms with E-state index in [4.69, 9.17) is 4.74 Å². The molecule has 1 saturated carbocycles. The van der Waals surface area contributed by atoms with Gasteiger partial charge >= 0.3 is 0 Å². The molecule has 1 aliphatic heterocycles. The third kappa shape index (κ3) is 3.11. The van der Waals surface area contributed by atoms with Crippen molar-refractivity contribution in [2.75, 3.05) is 24.6 Å². The molecule has 0 bridgehead atoms. The SMILES string of the molecule is CCOc1nccnc1N1CC[C@@H](NC(=O)C2(c3ccccc3)CC2)C1. The van der Waals surface area contributed by atoms with Gasteiger partial charge in [-0.25, -0.2) is 9.97 Å². The molecule has 0 spiro atoms. The quantitative estimate of drug-likeness (QED) is 0.864. The van der Waals surface area contributed by atoms with Crippen molar-refractivity contribution in [3.63, 3.8) is 0 Å². The minimum absolute atomic E-state index is 0.125. The zero-order valence-electron chi connectivity index (χ0n) is 15.0. The number of nitrogens with zero attached hydrogens (tertiary/aromatic N) is 3. The Kier molecular flexibility index (Phi) is 4.49. The summed E-state index contributed by atoms with van der Waals surface area (Å²) in [5.74, 6) is 1.47. The average molecular weight is 352 g/mol. The lowest BCUT2D eigenvalue weighted by atomic mass is 9.94. The van der Waals surface area contributed by atoms with Gasteiger partial charge < -0.3 is 15.0 Å². The maximum atomic E-state index is 12.9. The molecule has 136 valence electrons. The summed E-state index contributed by atoms with van der Waals surface area (Å²) in [6.45, 7) is 4.06. The van der Waals surface area contributed by atoms with Gasteiger partial charge in [-0.3, -0.25) is 4.79 Å². The maximum absolute atomic E-state index is 12.9. The van der Waals surface area contributed by atoms with Crippen molar-refractivity contribution in [1.82, 2.24) is 15.3 Å². The second-order valence-corrected chi connectivity index (χ2v) is 6.97. The van der Waals surface area contributed by atoms with Gasteiger partial charge in [0.15, 0.2) is 5.82 Å². The van der Waals surface area contributed by atoms with Crippen molar-refractivity contribution < 1.29 is 9.53 Å². The van der Waals surface area contributed by atoms with Crippen molar-refractivity contribution in [2.24, 2.45) is 0 Å². The van der Waals surface area contributed by atoms with Crippen LogP contribution in [0.25, 0.3) is 0 Å². The molecule has 1 amide bonds. The summed E-state index contributed by atoms with van der Waals surface area (Å²) in [5.41, 5.74) is 0.803. The number of aromatic nitrogens is 2. The number of carbonyl (C=O) groups excluding carboxylic acids is 1. The minimum atomic E-state index is -0.322. The zero-order valence-corrected chi connectivity index (χ0v) is 15.0. The van der Waals surface area contributed by atoms with Crippen LogP contribution in [0.5, 0.6) is 5.88 Å². The van der Waals surface area contributed by atoms with Crippen LogP contribution in [0.15, 0.2) is 42.7 Å². The molecule has 1 saturated heterocycles. The number of carbonyl (C=O) groups is 1. The molecular formula is C20H24N4O2. The number of hydrogen-bond acceptors (Lipinski definition) is 5. The summed E-state index contributed by atoms with van der Waals surface area (Å²) in [7, 11) is 0. The van der Waals surface area contributed by atoms with Crippen LogP contribution in [0, 0.1) is 0 Å². The predicted octanol–water partition coefficient (Wildman–Crippen LogP) is 2.30. The number of hydrogen-bond donors (Lipinski definition) is 1. The van der Waals surface area contributed by atoms with E-state index in [0.717, 1.165) is 43.7 Å². The Morgan fingerprint density at radius 3 is 2.77 bits per heavy atom. The van der Waals surface area contributed by atoms with Crippen LogP contribution in [0.3, 0.4) is 0 Å². The lowest BCUT2D eigenvalue weighted by molar-refractivity contribution is -0.124. The molecule has 0 radical (unpaired) electrons. The van der Waals surface area contributed by atoms with E-state index in [2.05, 4.69) is 32.3 Å². The summed E-state index contributed by atoms with van der Waals surface area (Å²) in [6.07, 6.45) is 6.08. The molecule has 2 aliphatic rings. The third-order valence-electron chi connectivity index (χ3n) is 5.26. The van der Waals surface area contributed by atoms with Crippen molar-refractivity contribution in [3.8, 4) is 5.88 Å². The second-order valence-electron chi connectivity index (χ2n) is 6.97. The molecule has 1 N–H and O–H groups in total. The van der Waals surface area contributed by atoms with E-state index in [1.54, 1.807) is 12.4 Å². The molecule has 26 heavy (non-hydrogen) atoms. The van der Waals surface area contributed by atoms with Crippen molar-refractivity contribution in [2.45, 2.75) is 37.6 Å². The summed E-state index contributed by atoms with van der Waals surface area (Å²) in [4.78, 5) is 23.8. The van der Waals surface area contributed by atoms with Crippen molar-refractivity contribution in [1.29, 1.82) is 0 Å². The highest BCUT2D eigenvalue weighted by Gasteiger charge is 2.51. The number of nitrogens with one attached hydrogen (secondary N) is 1. The highest BCUT2D eigenvalue weighted by molar-refractivity contribution is 5.91. The molecule has 2 aromatic rings. The Bertz CT molecular complexity index is 776. The van der Waals surface area contributed by atoms with E-state index in [1.807, 2.05) is 25.1 Å². The van der Waals surface area contributed by atoms with E-state index in [1.165, 1.54) is 0 Å². The summed E-state index contributed by atoms with van der Waals surface area (Å²) in [6, 6.07) is 10.2. The largest absolute Gasteiger partial charge is 0.475 e. The van der Waals surface area contributed by atoms with E-state index < -0.39 is 0 Å². The molecule has 1 aliphatic carbocycles. The van der Waals surface area contributed by atoms with Gasteiger partial charge in [0, 0.05) is 31.5 Å². The van der Waals surface area contributed by atoms with Gasteiger partial charge in [0.1, 0.15) is 0 Å². The highest BCUT2D eigenvalue weighted by atomic mass is 16.5. The fourth-order valence-corrected chi connectivity index (χ4v) is 3.70. The monoisotopic (exact) mass is 352 g/mol. The molecule has 1 aromatic heterocycles. The smallest absolute Gasteiger partial charge is 0.257 e. The Labute approximate surface area is 153 Å². The lowest BCUT2D eigenvalue weighted by Crippen LogP contribution is -2.43. The van der Waals surface area contributed by atoms with Gasteiger partial charge in [0.05, 0.1) is 12.0 Å². The fraction of sp³-hybridized carbons (Fsp3) is 0.450. The maximum Gasteiger partial charge on any atom is 0.257 e. The molecule has 4 rings (SSSR count). The first-order chi connectivity index (χ1) is 12.7. The summed E-state index contributed by atoms with van der Waals surface area (Å²) >= 11 is 0. The van der Waals surface area contributed by atoms with Crippen molar-refractivity contribution >= 4 is 11.7 Å². The van der Waals surface area contributed by atoms with Crippen LogP contribution in [-0.4, -0.2) is 41.6 Å². The van der Waals surface area contributed by atoms with Crippen LogP contribution < -0.4 is 15.0 Å². The standard InChI is InChI=1S/C20H24N4O2/c1-2-26-18-17(21-11-12-22-18)24-13-8-16(14-24)23-19(25)20(9-10-20)15-6-4-3-5-7-15/h3-7,11-12,16H,2,8-10,13-14H2,1H3,(H,23,25)/t16-/m1/s1. The van der Waals surface area contributed by atoms with Gasteiger partial charge in [0.25, 0.3) is 5.88 Å². The zero-order chi connectivity index (χ0) is 18.0. The van der Waals surface area contributed by atoms with E-state index >= 15 is 0 Å². The predicted molar refractivity (Wildman–Crippen MR) is 99.3 cm³/mol. The fourth-order valence-electron chi connectivity index (χ4n) is 3.70. The van der Waals surface area contributed by atoms with E-state index in [0.29, 0.717) is 12.5 Å². The Hall–Kier alpha value is -2.63. The molecule has 6 heteroatoms. The third-order valence-corrected chi connectivity index (χ3v) is 5.26. The van der Waals surface area contributed by atoms with Crippen LogP contribution >= 0.6 is 0 Å². The average Bonchev–Trinajstić information content (AvgIpc) is 3.37. The van der Waals surface area contributed by atoms with Gasteiger partial charge in [0.2, 0.25) is 5.91 Å². The molecule has 2 heterocycles. The first kappa shape index (κ1) is 16.8. The number of amides is 1. The first-order valence-corrected chi connectivity index (χ1v) is 9.28. The molecule has 0 unspecified atom stereocenters. The molecule has 6 nitrogen and oxygen atoms in total. The van der Waals surface area contributed by atoms with E-state index in [9.17, 15) is 4.79 Å². The minimum Gasteiger partial charge on any atom is -0.475 e. The van der Waals surface area contributed by atoms with Crippen LogP contribution in [0.4, 0.5) is 5.82 Å². The number of rotatable bonds is 6. The Morgan fingerprint density at radius 1 is 1.27 bits per heavy atom. The van der Waals surface area contributed by atoms with Crippen molar-refractivity contribution in [3.05, 3.63) is 48.3 Å². The number of benzene rings is 1. The first-order valence-electron chi connectivity index (χ1n) is 9.28. The summed E-state index contributed by atoms with van der Waals surface area (Å²) < 4.78 is 5.59. The number of ether oxygens (including phenoxy) is 1. The van der Waals surface area contributed by atoms with Gasteiger partial charge in [-0.15, -0.1) is 0 Å². The highest BCUT2D eigenvalue weighted by Crippen LogP contribution is 2.48. The Morgan fingerprint density at radius 2 is 2.04 bits per heavy atom. The van der Waals surface area contributed by atoms with Crippen LogP contribution in [0.1, 0.15) is 31.7 Å². The van der Waals surface area contributed by atoms with Gasteiger partial charge in [-0.05, 0) is 31.7 Å². The second kappa shape index (κ2) is 6.94. The molecular weight excluding hydrogens is 328 g/mol. The molecule has 2 fully saturated rings. The number of anilines is 1. The van der Waals surface area contributed by atoms with Gasteiger partial charge in [-0.1, -0.05) is 30.3 Å². The lowest BCUT2D eigenvalue weighted by Gasteiger charge is -2.21. The summed E-state index contributed by atoms with van der Waals surface area (Å²) in [5, 5.41) is 3.26. The Balaban J connectivity index is 1.42. The van der Waals surface area contributed by atoms with Gasteiger partial charge in [-0.2, -0.15) is 0 Å². The van der Waals surface area contributed by atoms with Crippen LogP contribution in [-0.2, 0) is 10.2 Å².